The van der Waals surface area contributed by atoms with E-state index >= 15 is 0 Å². The molecule has 3 nitrogen and oxygen atoms in total. The van der Waals surface area contributed by atoms with Crippen LogP contribution in [-0.2, 0) is 9.53 Å². The smallest absolute Gasteiger partial charge is 0.252 e. The van der Waals surface area contributed by atoms with Gasteiger partial charge in [0.05, 0.1) is 6.61 Å². The molecule has 2 N–H and O–H groups in total. The summed E-state index contributed by atoms with van der Waals surface area (Å²) in [5.74, 6) is -0.347. The van der Waals surface area contributed by atoms with Gasteiger partial charge in [-0.1, -0.05) is 20.8 Å². The molecule has 0 bridgehead atoms. The van der Waals surface area contributed by atoms with E-state index in [9.17, 15) is 4.79 Å². The van der Waals surface area contributed by atoms with Crippen molar-refractivity contribution < 1.29 is 9.53 Å². The summed E-state index contributed by atoms with van der Waals surface area (Å²) >= 11 is 0. The molecule has 58 valence electrons. The second-order valence-corrected chi connectivity index (χ2v) is 3.73. The van der Waals surface area contributed by atoms with Gasteiger partial charge in [0.1, 0.15) is 0 Å². The van der Waals surface area contributed by atoms with Crippen LogP contribution in [0.3, 0.4) is 0 Å². The molecule has 0 aromatic heterocycles. The fraction of sp³-hybridized carbons (Fsp3) is 0.857. The number of primary amides is 1. The maximum Gasteiger partial charge on any atom is 0.252 e. The number of hydrogen-bond acceptors (Lipinski definition) is 2. The van der Waals surface area contributed by atoms with E-state index in [1.165, 1.54) is 0 Å². The molecule has 1 fully saturated rings. The van der Waals surface area contributed by atoms with E-state index in [-0.39, 0.29) is 11.3 Å². The first-order chi connectivity index (χ1) is 4.40. The molecule has 1 rings (SSSR count). The van der Waals surface area contributed by atoms with Crippen molar-refractivity contribution >= 4 is 5.91 Å². The summed E-state index contributed by atoms with van der Waals surface area (Å²) in [7, 11) is 0. The molecular weight excluding hydrogens is 130 g/mol. The van der Waals surface area contributed by atoms with Gasteiger partial charge < -0.3 is 10.5 Å². The standard InChI is InChI=1S/C7H13NO2/c1-6(2,3)7(4-10-7)5(8)9/h4H2,1-3H3,(H2,8,9)/t7-/m1/s1. The molecule has 3 heteroatoms. The summed E-state index contributed by atoms with van der Waals surface area (Å²) in [6, 6.07) is 0. The minimum atomic E-state index is -0.674. The van der Waals surface area contributed by atoms with Gasteiger partial charge in [-0.05, 0) is 0 Å². The maximum atomic E-state index is 10.8. The Morgan fingerprint density at radius 3 is 2.00 bits per heavy atom. The first-order valence-corrected chi connectivity index (χ1v) is 3.34. The molecule has 1 heterocycles. The zero-order valence-corrected chi connectivity index (χ0v) is 6.60. The number of epoxide rings is 1. The first-order valence-electron chi connectivity index (χ1n) is 3.34. The zero-order chi connectivity index (χ0) is 7.99. The second-order valence-electron chi connectivity index (χ2n) is 3.73. The Balaban J connectivity index is 2.80. The SMILES string of the molecule is CC(C)(C)[C@]1(C(N)=O)CO1. The lowest BCUT2D eigenvalue weighted by Crippen LogP contribution is -2.43. The summed E-state index contributed by atoms with van der Waals surface area (Å²) < 4.78 is 5.05. The summed E-state index contributed by atoms with van der Waals surface area (Å²) in [5, 5.41) is 0. The Morgan fingerprint density at radius 2 is 2.00 bits per heavy atom. The Hall–Kier alpha value is -0.570. The van der Waals surface area contributed by atoms with Crippen molar-refractivity contribution in [1.82, 2.24) is 0 Å². The third-order valence-corrected chi connectivity index (χ3v) is 2.04. The minimum absolute atomic E-state index is 0.168. The van der Waals surface area contributed by atoms with Crippen LogP contribution in [0.5, 0.6) is 0 Å². The highest BCUT2D eigenvalue weighted by Crippen LogP contribution is 2.43. The van der Waals surface area contributed by atoms with Crippen molar-refractivity contribution in [3.63, 3.8) is 0 Å². The van der Waals surface area contributed by atoms with Gasteiger partial charge in [0.15, 0.2) is 5.60 Å². The number of carbonyl (C=O) groups is 1. The van der Waals surface area contributed by atoms with Crippen LogP contribution in [-0.4, -0.2) is 18.1 Å². The molecule has 0 radical (unpaired) electrons. The predicted octanol–water partition coefficient (Wildman–Crippen LogP) is 0.287. The van der Waals surface area contributed by atoms with Gasteiger partial charge in [-0.25, -0.2) is 0 Å². The van der Waals surface area contributed by atoms with Crippen molar-refractivity contribution in [2.24, 2.45) is 11.1 Å². The molecule has 0 aliphatic carbocycles. The average molecular weight is 143 g/mol. The van der Waals surface area contributed by atoms with Crippen molar-refractivity contribution in [2.75, 3.05) is 6.61 Å². The van der Waals surface area contributed by atoms with E-state index in [0.29, 0.717) is 6.61 Å². The van der Waals surface area contributed by atoms with Gasteiger partial charge in [0.25, 0.3) is 5.91 Å². The van der Waals surface area contributed by atoms with Crippen LogP contribution >= 0.6 is 0 Å². The number of amides is 1. The predicted molar refractivity (Wildman–Crippen MR) is 37.3 cm³/mol. The van der Waals surface area contributed by atoms with Gasteiger partial charge in [0, 0.05) is 5.41 Å². The van der Waals surface area contributed by atoms with Gasteiger partial charge in [-0.3, -0.25) is 4.79 Å². The fourth-order valence-corrected chi connectivity index (χ4v) is 1.02. The van der Waals surface area contributed by atoms with Crippen LogP contribution in [0, 0.1) is 5.41 Å². The number of nitrogens with two attached hydrogens (primary N) is 1. The lowest BCUT2D eigenvalue weighted by Gasteiger charge is -2.23. The highest BCUT2D eigenvalue weighted by molar-refractivity contribution is 5.87. The summed E-state index contributed by atoms with van der Waals surface area (Å²) in [6.45, 7) is 6.33. The van der Waals surface area contributed by atoms with Crippen LogP contribution in [0.4, 0.5) is 0 Å². The Kier molecular flexibility index (Phi) is 1.30. The average Bonchev–Trinajstić information content (AvgIpc) is 2.36. The molecule has 1 atom stereocenters. The highest BCUT2D eigenvalue weighted by atomic mass is 16.6. The molecule has 0 unspecified atom stereocenters. The topological polar surface area (TPSA) is 55.6 Å². The molecule has 0 aromatic rings. The van der Waals surface area contributed by atoms with Gasteiger partial charge >= 0.3 is 0 Å². The number of hydrogen-bond donors (Lipinski definition) is 1. The van der Waals surface area contributed by atoms with Gasteiger partial charge in [0.2, 0.25) is 0 Å². The molecular formula is C7H13NO2. The summed E-state index contributed by atoms with van der Waals surface area (Å²) in [5.41, 5.74) is 4.31. The molecule has 10 heavy (non-hydrogen) atoms. The van der Waals surface area contributed by atoms with Crippen molar-refractivity contribution in [2.45, 2.75) is 26.4 Å². The van der Waals surface area contributed by atoms with Crippen molar-refractivity contribution in [3.8, 4) is 0 Å². The van der Waals surface area contributed by atoms with Crippen molar-refractivity contribution in [1.29, 1.82) is 0 Å². The largest absolute Gasteiger partial charge is 0.367 e. The van der Waals surface area contributed by atoms with Crippen molar-refractivity contribution in [3.05, 3.63) is 0 Å². The van der Waals surface area contributed by atoms with Crippen LogP contribution in [0.25, 0.3) is 0 Å². The number of rotatable bonds is 1. The summed E-state index contributed by atoms with van der Waals surface area (Å²) in [4.78, 5) is 10.8. The van der Waals surface area contributed by atoms with E-state index in [4.69, 9.17) is 10.5 Å². The van der Waals surface area contributed by atoms with Crippen LogP contribution in [0.2, 0.25) is 0 Å². The summed E-state index contributed by atoms with van der Waals surface area (Å²) in [6.07, 6.45) is 0. The Bertz CT molecular complexity index is 165. The lowest BCUT2D eigenvalue weighted by atomic mass is 9.80. The lowest BCUT2D eigenvalue weighted by molar-refractivity contribution is -0.126. The molecule has 0 aromatic carbocycles. The molecule has 0 spiro atoms. The Labute approximate surface area is 60.5 Å². The minimum Gasteiger partial charge on any atom is -0.367 e. The Morgan fingerprint density at radius 1 is 1.60 bits per heavy atom. The number of carbonyl (C=O) groups excluding carboxylic acids is 1. The zero-order valence-electron chi connectivity index (χ0n) is 6.60. The molecule has 1 aliphatic rings. The molecule has 0 saturated carbocycles. The highest BCUT2D eigenvalue weighted by Gasteiger charge is 2.59. The monoisotopic (exact) mass is 143 g/mol. The number of ether oxygens (including phenoxy) is 1. The van der Waals surface area contributed by atoms with E-state index in [1.54, 1.807) is 0 Å². The second kappa shape index (κ2) is 1.72. The first kappa shape index (κ1) is 7.54. The van der Waals surface area contributed by atoms with E-state index in [1.807, 2.05) is 20.8 Å². The quantitative estimate of drug-likeness (QED) is 0.536. The van der Waals surface area contributed by atoms with Crippen LogP contribution in [0.1, 0.15) is 20.8 Å². The van der Waals surface area contributed by atoms with Crippen LogP contribution < -0.4 is 5.73 Å². The fourth-order valence-electron chi connectivity index (χ4n) is 1.02. The van der Waals surface area contributed by atoms with E-state index < -0.39 is 5.60 Å². The molecule has 1 amide bonds. The van der Waals surface area contributed by atoms with E-state index in [0.717, 1.165) is 0 Å². The van der Waals surface area contributed by atoms with E-state index in [2.05, 4.69) is 0 Å². The normalized spacial score (nSPS) is 31.9. The third-order valence-electron chi connectivity index (χ3n) is 2.04. The van der Waals surface area contributed by atoms with Gasteiger partial charge in [-0.15, -0.1) is 0 Å². The van der Waals surface area contributed by atoms with Gasteiger partial charge in [-0.2, -0.15) is 0 Å². The maximum absolute atomic E-state index is 10.8. The molecule has 1 saturated heterocycles. The van der Waals surface area contributed by atoms with Crippen LogP contribution in [0.15, 0.2) is 0 Å². The third kappa shape index (κ3) is 0.814. The molecule has 1 aliphatic heterocycles.